The van der Waals surface area contributed by atoms with E-state index in [0.29, 0.717) is 5.69 Å². The molecule has 0 bridgehead atoms. The van der Waals surface area contributed by atoms with Gasteiger partial charge in [0.1, 0.15) is 5.69 Å². The van der Waals surface area contributed by atoms with Crippen molar-refractivity contribution < 1.29 is 4.79 Å². The number of rotatable bonds is 4. The van der Waals surface area contributed by atoms with E-state index in [0.717, 1.165) is 37.3 Å². The Labute approximate surface area is 124 Å². The first-order valence-electron chi connectivity index (χ1n) is 7.39. The average molecular weight is 281 g/mol. The number of hydrogen-bond acceptors (Lipinski definition) is 3. The Hall–Kier alpha value is -2.36. The van der Waals surface area contributed by atoms with Gasteiger partial charge >= 0.3 is 0 Å². The maximum absolute atomic E-state index is 12.6. The first kappa shape index (κ1) is 13.6. The SMILES string of the molecule is CCCNc1ccc(C(=O)N2CCc3ccccc32)nc1. The second kappa shape index (κ2) is 5.95. The van der Waals surface area contributed by atoms with Crippen molar-refractivity contribution in [1.29, 1.82) is 0 Å². The second-order valence-corrected chi connectivity index (χ2v) is 5.19. The molecule has 21 heavy (non-hydrogen) atoms. The fraction of sp³-hybridized carbons (Fsp3) is 0.294. The molecule has 1 N–H and O–H groups in total. The van der Waals surface area contributed by atoms with Crippen LogP contribution in [0.3, 0.4) is 0 Å². The molecule has 4 nitrogen and oxygen atoms in total. The molecule has 108 valence electrons. The van der Waals surface area contributed by atoms with Crippen molar-refractivity contribution in [1.82, 2.24) is 4.98 Å². The number of fused-ring (bicyclic) bond motifs is 1. The van der Waals surface area contributed by atoms with Crippen LogP contribution in [0.4, 0.5) is 11.4 Å². The minimum atomic E-state index is -0.0259. The molecule has 4 heteroatoms. The molecule has 0 atom stereocenters. The van der Waals surface area contributed by atoms with E-state index in [9.17, 15) is 4.79 Å². The van der Waals surface area contributed by atoms with Crippen molar-refractivity contribution in [3.63, 3.8) is 0 Å². The zero-order valence-corrected chi connectivity index (χ0v) is 12.2. The summed E-state index contributed by atoms with van der Waals surface area (Å²) in [6.07, 6.45) is 3.70. The predicted molar refractivity (Wildman–Crippen MR) is 84.8 cm³/mol. The molecule has 2 aromatic rings. The third-order valence-corrected chi connectivity index (χ3v) is 3.69. The molecular formula is C17H19N3O. The van der Waals surface area contributed by atoms with Gasteiger partial charge in [-0.25, -0.2) is 4.98 Å². The van der Waals surface area contributed by atoms with Crippen molar-refractivity contribution in [3.8, 4) is 0 Å². The van der Waals surface area contributed by atoms with Crippen LogP contribution >= 0.6 is 0 Å². The molecule has 2 heterocycles. The molecular weight excluding hydrogens is 262 g/mol. The summed E-state index contributed by atoms with van der Waals surface area (Å²) in [6, 6.07) is 11.8. The highest BCUT2D eigenvalue weighted by Crippen LogP contribution is 2.28. The summed E-state index contributed by atoms with van der Waals surface area (Å²) in [5, 5.41) is 3.26. The van der Waals surface area contributed by atoms with Gasteiger partial charge in [0.2, 0.25) is 0 Å². The van der Waals surface area contributed by atoms with E-state index in [1.807, 2.05) is 29.2 Å². The van der Waals surface area contributed by atoms with E-state index in [2.05, 4.69) is 23.3 Å². The van der Waals surface area contributed by atoms with E-state index in [4.69, 9.17) is 0 Å². The Morgan fingerprint density at radius 3 is 2.90 bits per heavy atom. The van der Waals surface area contributed by atoms with Crippen molar-refractivity contribution in [3.05, 3.63) is 53.9 Å². The molecule has 0 aliphatic carbocycles. The van der Waals surface area contributed by atoms with Crippen LogP contribution in [-0.4, -0.2) is 24.0 Å². The third-order valence-electron chi connectivity index (χ3n) is 3.69. The Bertz CT molecular complexity index is 637. The zero-order chi connectivity index (χ0) is 14.7. The predicted octanol–water partition coefficient (Wildman–Crippen LogP) is 3.11. The Balaban J connectivity index is 1.77. The fourth-order valence-electron chi connectivity index (χ4n) is 2.58. The van der Waals surface area contributed by atoms with E-state index < -0.39 is 0 Å². The Kier molecular flexibility index (Phi) is 3.86. The first-order chi connectivity index (χ1) is 10.3. The number of aromatic nitrogens is 1. The molecule has 0 unspecified atom stereocenters. The van der Waals surface area contributed by atoms with Crippen molar-refractivity contribution in [2.75, 3.05) is 23.3 Å². The van der Waals surface area contributed by atoms with Gasteiger partial charge in [0, 0.05) is 18.8 Å². The highest BCUT2D eigenvalue weighted by Gasteiger charge is 2.25. The third kappa shape index (κ3) is 2.75. The summed E-state index contributed by atoms with van der Waals surface area (Å²) in [5.41, 5.74) is 3.69. The lowest BCUT2D eigenvalue weighted by atomic mass is 10.2. The molecule has 0 fully saturated rings. The van der Waals surface area contributed by atoms with E-state index in [-0.39, 0.29) is 5.91 Å². The molecule has 0 spiro atoms. The van der Waals surface area contributed by atoms with Crippen LogP contribution in [0.2, 0.25) is 0 Å². The van der Waals surface area contributed by atoms with Gasteiger partial charge in [-0.05, 0) is 36.6 Å². The monoisotopic (exact) mass is 281 g/mol. The van der Waals surface area contributed by atoms with Gasteiger partial charge in [-0.3, -0.25) is 4.79 Å². The van der Waals surface area contributed by atoms with Crippen LogP contribution in [0.25, 0.3) is 0 Å². The standard InChI is InChI=1S/C17H19N3O/c1-2-10-18-14-7-8-15(19-12-14)17(21)20-11-9-13-5-3-4-6-16(13)20/h3-8,12,18H,2,9-11H2,1H3. The largest absolute Gasteiger partial charge is 0.384 e. The maximum Gasteiger partial charge on any atom is 0.276 e. The number of carbonyl (C=O) groups is 1. The number of nitrogens with zero attached hydrogens (tertiary/aromatic N) is 2. The van der Waals surface area contributed by atoms with Gasteiger partial charge in [-0.1, -0.05) is 25.1 Å². The maximum atomic E-state index is 12.6. The highest BCUT2D eigenvalue weighted by molar-refractivity contribution is 6.06. The molecule has 0 radical (unpaired) electrons. The second-order valence-electron chi connectivity index (χ2n) is 5.19. The van der Waals surface area contributed by atoms with Gasteiger partial charge in [0.25, 0.3) is 5.91 Å². The van der Waals surface area contributed by atoms with Crippen molar-refractivity contribution in [2.45, 2.75) is 19.8 Å². The summed E-state index contributed by atoms with van der Waals surface area (Å²) >= 11 is 0. The van der Waals surface area contributed by atoms with Crippen LogP contribution in [-0.2, 0) is 6.42 Å². The van der Waals surface area contributed by atoms with Crippen molar-refractivity contribution >= 4 is 17.3 Å². The van der Waals surface area contributed by atoms with Gasteiger partial charge in [-0.15, -0.1) is 0 Å². The lowest BCUT2D eigenvalue weighted by molar-refractivity contribution is 0.0984. The number of pyridine rings is 1. The van der Waals surface area contributed by atoms with Crippen LogP contribution in [0.5, 0.6) is 0 Å². The lowest BCUT2D eigenvalue weighted by Gasteiger charge is -2.16. The molecule has 1 amide bonds. The first-order valence-corrected chi connectivity index (χ1v) is 7.39. The van der Waals surface area contributed by atoms with E-state index >= 15 is 0 Å². The van der Waals surface area contributed by atoms with Crippen LogP contribution in [0, 0.1) is 0 Å². The van der Waals surface area contributed by atoms with Crippen LogP contribution in [0.1, 0.15) is 29.4 Å². The number of benzene rings is 1. The van der Waals surface area contributed by atoms with Gasteiger partial charge in [0.05, 0.1) is 11.9 Å². The highest BCUT2D eigenvalue weighted by atomic mass is 16.2. The molecule has 0 saturated carbocycles. The summed E-state index contributed by atoms with van der Waals surface area (Å²) in [7, 11) is 0. The zero-order valence-electron chi connectivity index (χ0n) is 12.2. The Morgan fingerprint density at radius 1 is 1.29 bits per heavy atom. The number of anilines is 2. The number of hydrogen-bond donors (Lipinski definition) is 1. The number of para-hydroxylation sites is 1. The molecule has 1 aliphatic rings. The lowest BCUT2D eigenvalue weighted by Crippen LogP contribution is -2.29. The Morgan fingerprint density at radius 2 is 2.14 bits per heavy atom. The minimum absolute atomic E-state index is 0.0259. The summed E-state index contributed by atoms with van der Waals surface area (Å²) in [6.45, 7) is 3.76. The topological polar surface area (TPSA) is 45.2 Å². The molecule has 3 rings (SSSR count). The molecule has 1 aromatic heterocycles. The molecule has 1 aliphatic heterocycles. The molecule has 0 saturated heterocycles. The van der Waals surface area contributed by atoms with Gasteiger partial charge in [-0.2, -0.15) is 0 Å². The fourth-order valence-corrected chi connectivity index (χ4v) is 2.58. The van der Waals surface area contributed by atoms with Gasteiger partial charge in [0.15, 0.2) is 0 Å². The molecule has 1 aromatic carbocycles. The average Bonchev–Trinajstić information content (AvgIpc) is 2.97. The summed E-state index contributed by atoms with van der Waals surface area (Å²) in [5.74, 6) is -0.0259. The van der Waals surface area contributed by atoms with Crippen LogP contribution < -0.4 is 10.2 Å². The smallest absolute Gasteiger partial charge is 0.276 e. The van der Waals surface area contributed by atoms with Gasteiger partial charge < -0.3 is 10.2 Å². The normalized spacial score (nSPS) is 13.1. The number of carbonyl (C=O) groups excluding carboxylic acids is 1. The van der Waals surface area contributed by atoms with E-state index in [1.54, 1.807) is 12.3 Å². The number of amides is 1. The summed E-state index contributed by atoms with van der Waals surface area (Å²) < 4.78 is 0. The minimum Gasteiger partial charge on any atom is -0.384 e. The number of nitrogens with one attached hydrogen (secondary N) is 1. The van der Waals surface area contributed by atoms with E-state index in [1.165, 1.54) is 5.56 Å². The summed E-state index contributed by atoms with van der Waals surface area (Å²) in [4.78, 5) is 18.7. The van der Waals surface area contributed by atoms with Crippen molar-refractivity contribution in [2.24, 2.45) is 0 Å². The quantitative estimate of drug-likeness (QED) is 0.936. The van der Waals surface area contributed by atoms with Crippen LogP contribution in [0.15, 0.2) is 42.6 Å².